The number of halogens is 1. The van der Waals surface area contributed by atoms with E-state index < -0.39 is 5.82 Å². The summed E-state index contributed by atoms with van der Waals surface area (Å²) in [6.07, 6.45) is 0. The van der Waals surface area contributed by atoms with Crippen LogP contribution < -0.4 is 5.73 Å². The average molecular weight is 226 g/mol. The molecular weight excluding hydrogens is 211 g/mol. The summed E-state index contributed by atoms with van der Waals surface area (Å²) in [5.41, 5.74) is 6.06. The Hall–Kier alpha value is -1.46. The molecule has 0 fully saturated rings. The molecule has 1 aromatic carbocycles. The second-order valence-electron chi connectivity index (χ2n) is 3.27. The van der Waals surface area contributed by atoms with Crippen molar-refractivity contribution in [2.75, 3.05) is 20.3 Å². The van der Waals surface area contributed by atoms with Gasteiger partial charge in [0.05, 0.1) is 19.8 Å². The summed E-state index contributed by atoms with van der Waals surface area (Å²) in [5, 5.41) is 7.16. The Morgan fingerprint density at radius 2 is 2.19 bits per heavy atom. The van der Waals surface area contributed by atoms with Gasteiger partial charge in [-0.1, -0.05) is 12.1 Å². The van der Waals surface area contributed by atoms with E-state index in [9.17, 15) is 4.39 Å². The molecule has 0 unspecified atom stereocenters. The molecule has 0 heterocycles. The number of methoxy groups -OCH3 is 1. The summed E-state index contributed by atoms with van der Waals surface area (Å²) < 4.78 is 23.4. The molecule has 0 spiro atoms. The Morgan fingerprint density at radius 1 is 1.44 bits per heavy atom. The molecule has 0 saturated carbocycles. The first-order valence-electron chi connectivity index (χ1n) is 4.84. The molecular formula is C11H15FN2O2. The van der Waals surface area contributed by atoms with Crippen LogP contribution in [0.5, 0.6) is 0 Å². The van der Waals surface area contributed by atoms with Crippen LogP contribution in [0.2, 0.25) is 0 Å². The SMILES string of the molecule is COCCOCc1ccc(C(=N)N)cc1F. The highest BCUT2D eigenvalue weighted by Crippen LogP contribution is 2.11. The fourth-order valence-electron chi connectivity index (χ4n) is 1.16. The summed E-state index contributed by atoms with van der Waals surface area (Å²) in [7, 11) is 1.57. The van der Waals surface area contributed by atoms with Crippen LogP contribution in [-0.2, 0) is 16.1 Å². The van der Waals surface area contributed by atoms with E-state index in [4.69, 9.17) is 20.6 Å². The Bertz CT molecular complexity index is 369. The number of ether oxygens (including phenoxy) is 2. The van der Waals surface area contributed by atoms with Crippen molar-refractivity contribution >= 4 is 5.84 Å². The fourth-order valence-corrected chi connectivity index (χ4v) is 1.16. The molecule has 0 aromatic heterocycles. The van der Waals surface area contributed by atoms with E-state index in [1.807, 2.05) is 0 Å². The number of benzene rings is 1. The van der Waals surface area contributed by atoms with Gasteiger partial charge >= 0.3 is 0 Å². The maximum absolute atomic E-state index is 13.5. The van der Waals surface area contributed by atoms with Gasteiger partial charge in [0.25, 0.3) is 0 Å². The molecule has 1 aromatic rings. The van der Waals surface area contributed by atoms with E-state index in [1.54, 1.807) is 19.2 Å². The minimum atomic E-state index is -0.412. The Balaban J connectivity index is 2.57. The number of nitrogens with one attached hydrogen (secondary N) is 1. The number of hydrogen-bond acceptors (Lipinski definition) is 3. The van der Waals surface area contributed by atoms with Crippen molar-refractivity contribution in [3.63, 3.8) is 0 Å². The molecule has 0 radical (unpaired) electrons. The summed E-state index contributed by atoms with van der Waals surface area (Å²) in [6.45, 7) is 1.09. The van der Waals surface area contributed by atoms with Crippen molar-refractivity contribution in [3.05, 3.63) is 35.1 Å². The normalized spacial score (nSPS) is 10.4. The van der Waals surface area contributed by atoms with Crippen molar-refractivity contribution in [1.29, 1.82) is 5.41 Å². The summed E-state index contributed by atoms with van der Waals surface area (Å²) >= 11 is 0. The zero-order valence-electron chi connectivity index (χ0n) is 9.13. The third-order valence-electron chi connectivity index (χ3n) is 2.05. The number of amidine groups is 1. The summed E-state index contributed by atoms with van der Waals surface area (Å²) in [4.78, 5) is 0. The van der Waals surface area contributed by atoms with Gasteiger partial charge in [0.1, 0.15) is 11.7 Å². The monoisotopic (exact) mass is 226 g/mol. The molecule has 0 aliphatic rings. The van der Waals surface area contributed by atoms with Gasteiger partial charge in [-0.25, -0.2) is 4.39 Å². The fraction of sp³-hybridized carbons (Fsp3) is 0.364. The third-order valence-corrected chi connectivity index (χ3v) is 2.05. The molecule has 0 aliphatic heterocycles. The quantitative estimate of drug-likeness (QED) is 0.436. The van der Waals surface area contributed by atoms with Gasteiger partial charge in [0, 0.05) is 18.2 Å². The van der Waals surface area contributed by atoms with Gasteiger partial charge in [0.15, 0.2) is 0 Å². The topological polar surface area (TPSA) is 68.3 Å². The molecule has 0 bridgehead atoms. The minimum absolute atomic E-state index is 0.147. The summed E-state index contributed by atoms with van der Waals surface area (Å²) in [5.74, 6) is -0.559. The van der Waals surface area contributed by atoms with E-state index in [2.05, 4.69) is 0 Å². The van der Waals surface area contributed by atoms with Crippen LogP contribution in [0.3, 0.4) is 0 Å². The lowest BCUT2D eigenvalue weighted by molar-refractivity contribution is 0.0604. The lowest BCUT2D eigenvalue weighted by Crippen LogP contribution is -2.12. The lowest BCUT2D eigenvalue weighted by Gasteiger charge is -2.06. The van der Waals surface area contributed by atoms with Crippen LogP contribution in [0.4, 0.5) is 4.39 Å². The van der Waals surface area contributed by atoms with Crippen LogP contribution in [0, 0.1) is 11.2 Å². The highest BCUT2D eigenvalue weighted by molar-refractivity contribution is 5.94. The van der Waals surface area contributed by atoms with Gasteiger partial charge in [-0.2, -0.15) is 0 Å². The molecule has 1 rings (SSSR count). The lowest BCUT2D eigenvalue weighted by atomic mass is 10.1. The standard InChI is InChI=1S/C11H15FN2O2/c1-15-4-5-16-7-9-3-2-8(11(13)14)6-10(9)12/h2-3,6H,4-5,7H2,1H3,(H3,13,14). The van der Waals surface area contributed by atoms with Crippen LogP contribution in [0.15, 0.2) is 18.2 Å². The van der Waals surface area contributed by atoms with Gasteiger partial charge in [-0.3, -0.25) is 5.41 Å². The number of hydrogen-bond donors (Lipinski definition) is 2. The van der Waals surface area contributed by atoms with Crippen LogP contribution in [0.25, 0.3) is 0 Å². The molecule has 0 aliphatic carbocycles. The van der Waals surface area contributed by atoms with Gasteiger partial charge in [-0.05, 0) is 6.07 Å². The average Bonchev–Trinajstić information content (AvgIpc) is 2.26. The maximum Gasteiger partial charge on any atom is 0.129 e. The highest BCUT2D eigenvalue weighted by Gasteiger charge is 2.05. The highest BCUT2D eigenvalue weighted by atomic mass is 19.1. The molecule has 88 valence electrons. The maximum atomic E-state index is 13.5. The van der Waals surface area contributed by atoms with Gasteiger partial charge in [-0.15, -0.1) is 0 Å². The first kappa shape index (κ1) is 12.6. The Morgan fingerprint density at radius 3 is 2.75 bits per heavy atom. The van der Waals surface area contributed by atoms with Crippen LogP contribution >= 0.6 is 0 Å². The number of rotatable bonds is 6. The predicted molar refractivity (Wildman–Crippen MR) is 58.9 cm³/mol. The van der Waals surface area contributed by atoms with Crippen molar-refractivity contribution in [1.82, 2.24) is 0 Å². The number of nitrogen functional groups attached to an aromatic ring is 1. The molecule has 5 heteroatoms. The second kappa shape index (κ2) is 6.19. The van der Waals surface area contributed by atoms with E-state index in [1.165, 1.54) is 6.07 Å². The van der Waals surface area contributed by atoms with E-state index in [0.717, 1.165) is 0 Å². The van der Waals surface area contributed by atoms with Crippen molar-refractivity contribution in [3.8, 4) is 0 Å². The summed E-state index contributed by atoms with van der Waals surface area (Å²) in [6, 6.07) is 4.40. The smallest absolute Gasteiger partial charge is 0.129 e. The molecule has 0 atom stereocenters. The zero-order chi connectivity index (χ0) is 12.0. The van der Waals surface area contributed by atoms with E-state index >= 15 is 0 Å². The molecule has 4 nitrogen and oxygen atoms in total. The van der Waals surface area contributed by atoms with E-state index in [-0.39, 0.29) is 12.4 Å². The number of nitrogens with two attached hydrogens (primary N) is 1. The first-order chi connectivity index (χ1) is 7.65. The third kappa shape index (κ3) is 3.60. The molecule has 16 heavy (non-hydrogen) atoms. The van der Waals surface area contributed by atoms with Crippen LogP contribution in [0.1, 0.15) is 11.1 Å². The Kier molecular flexibility index (Phi) is 4.88. The zero-order valence-corrected chi connectivity index (χ0v) is 9.13. The van der Waals surface area contributed by atoms with Crippen LogP contribution in [-0.4, -0.2) is 26.2 Å². The predicted octanol–water partition coefficient (Wildman–Crippen LogP) is 1.27. The molecule has 3 N–H and O–H groups in total. The van der Waals surface area contributed by atoms with Crippen molar-refractivity contribution < 1.29 is 13.9 Å². The molecule has 0 saturated heterocycles. The van der Waals surface area contributed by atoms with E-state index in [0.29, 0.717) is 24.3 Å². The van der Waals surface area contributed by atoms with Crippen molar-refractivity contribution in [2.24, 2.45) is 5.73 Å². The first-order valence-corrected chi connectivity index (χ1v) is 4.84. The van der Waals surface area contributed by atoms with Gasteiger partial charge < -0.3 is 15.2 Å². The van der Waals surface area contributed by atoms with Crippen molar-refractivity contribution in [2.45, 2.75) is 6.61 Å². The molecule has 0 amide bonds. The largest absolute Gasteiger partial charge is 0.384 e. The minimum Gasteiger partial charge on any atom is -0.384 e. The second-order valence-corrected chi connectivity index (χ2v) is 3.27. The Labute approximate surface area is 93.7 Å². The van der Waals surface area contributed by atoms with Gasteiger partial charge in [0.2, 0.25) is 0 Å².